The summed E-state index contributed by atoms with van der Waals surface area (Å²) in [5.41, 5.74) is 1.64. The van der Waals surface area contributed by atoms with Gasteiger partial charge in [0.15, 0.2) is 11.5 Å². The Morgan fingerprint density at radius 3 is 2.92 bits per heavy atom. The number of methoxy groups -OCH3 is 1. The Labute approximate surface area is 154 Å². The van der Waals surface area contributed by atoms with Gasteiger partial charge in [-0.25, -0.2) is 0 Å². The molecule has 26 heavy (non-hydrogen) atoms. The number of nitrogens with zero attached hydrogens (tertiary/aromatic N) is 1. The molecule has 2 heterocycles. The molecule has 1 unspecified atom stereocenters. The summed E-state index contributed by atoms with van der Waals surface area (Å²) in [6.45, 7) is 1.40. The smallest absolute Gasteiger partial charge is 0.165 e. The Morgan fingerprint density at radius 1 is 1.31 bits per heavy atom. The molecule has 1 N–H and O–H groups in total. The number of phenols is 1. The van der Waals surface area contributed by atoms with E-state index in [9.17, 15) is 10.3 Å². The van der Waals surface area contributed by atoms with Gasteiger partial charge in [0.25, 0.3) is 0 Å². The fraction of sp³-hybridized carbons (Fsp3) is 0.714. The molecule has 2 aliphatic heterocycles. The number of rotatable bonds is 3. The lowest BCUT2D eigenvalue weighted by Crippen LogP contribution is -2.79. The predicted molar refractivity (Wildman–Crippen MR) is 96.0 cm³/mol. The monoisotopic (exact) mass is 357 g/mol. The number of hydrogen-bond acceptors (Lipinski definition) is 4. The van der Waals surface area contributed by atoms with Crippen molar-refractivity contribution >= 4 is 0 Å². The lowest BCUT2D eigenvalue weighted by atomic mass is 9.49. The predicted octanol–water partition coefficient (Wildman–Crippen LogP) is 3.01. The number of hydroxylamine groups is 3. The first kappa shape index (κ1) is 15.7. The van der Waals surface area contributed by atoms with Gasteiger partial charge in [-0.15, -0.1) is 0 Å². The quantitative estimate of drug-likeness (QED) is 0.667. The number of likely N-dealkylation sites (tertiary alicyclic amines) is 1. The van der Waals surface area contributed by atoms with E-state index in [-0.39, 0.29) is 28.0 Å². The minimum Gasteiger partial charge on any atom is -0.632 e. The second-order valence-corrected chi connectivity index (χ2v) is 9.28. The molecule has 1 aromatic carbocycles. The molecule has 0 aromatic heterocycles. The third kappa shape index (κ3) is 1.60. The van der Waals surface area contributed by atoms with Crippen LogP contribution in [0.1, 0.15) is 49.7 Å². The number of aromatic hydroxyl groups is 1. The van der Waals surface area contributed by atoms with E-state index in [2.05, 4.69) is 0 Å². The van der Waals surface area contributed by atoms with Crippen LogP contribution in [0.15, 0.2) is 12.1 Å². The molecule has 5 aliphatic rings. The molecule has 1 aromatic rings. The summed E-state index contributed by atoms with van der Waals surface area (Å²) in [6.07, 6.45) is 6.91. The molecule has 0 radical (unpaired) electrons. The highest BCUT2D eigenvalue weighted by Crippen LogP contribution is 2.67. The average Bonchev–Trinajstić information content (AvgIpc) is 3.37. The van der Waals surface area contributed by atoms with E-state index in [4.69, 9.17) is 9.47 Å². The number of hydrogen-bond donors (Lipinski definition) is 1. The minimum atomic E-state index is -0.461. The lowest BCUT2D eigenvalue weighted by Gasteiger charge is -2.68. The van der Waals surface area contributed by atoms with Crippen LogP contribution >= 0.6 is 0 Å². The van der Waals surface area contributed by atoms with Crippen molar-refractivity contribution in [2.24, 2.45) is 5.92 Å². The zero-order valence-electron chi connectivity index (χ0n) is 15.4. The van der Waals surface area contributed by atoms with E-state index < -0.39 is 5.60 Å². The Morgan fingerprint density at radius 2 is 2.15 bits per heavy atom. The van der Waals surface area contributed by atoms with E-state index in [1.54, 1.807) is 13.2 Å². The van der Waals surface area contributed by atoms with Gasteiger partial charge in [-0.1, -0.05) is 6.07 Å². The first-order valence-corrected chi connectivity index (χ1v) is 10.2. The van der Waals surface area contributed by atoms with Gasteiger partial charge in [-0.2, -0.15) is 0 Å². The van der Waals surface area contributed by atoms with Crippen molar-refractivity contribution in [3.8, 4) is 11.5 Å². The molecule has 6 rings (SSSR count). The fourth-order valence-electron chi connectivity index (χ4n) is 7.14. The van der Waals surface area contributed by atoms with Crippen LogP contribution in [0.2, 0.25) is 0 Å². The molecule has 3 aliphatic carbocycles. The minimum absolute atomic E-state index is 0.0238. The third-order valence-electron chi connectivity index (χ3n) is 8.28. The molecule has 0 amide bonds. The van der Waals surface area contributed by atoms with E-state index in [0.29, 0.717) is 18.2 Å². The zero-order valence-corrected chi connectivity index (χ0v) is 15.4. The molecule has 5 atom stereocenters. The summed E-state index contributed by atoms with van der Waals surface area (Å²) in [5, 5.41) is 24.6. The number of ether oxygens (including phenoxy) is 2. The second-order valence-electron chi connectivity index (χ2n) is 9.28. The molecule has 3 fully saturated rings. The maximum atomic E-state index is 14.1. The zero-order chi connectivity index (χ0) is 17.7. The standard InChI is InChI=1S/C21H27NO4/c1-25-21-8-2-3-17-20(21)9-10-22(24,12-13-4-5-13)16(21)11-14-6-7-15(23)19(26-17)18(14)20/h6-7,13,16-17,23H,2-5,8-12H2,1H3/t16-,17+,20-,21-,22?/m1/s1. The molecular formula is C21H27NO4. The van der Waals surface area contributed by atoms with E-state index in [1.165, 1.54) is 18.4 Å². The van der Waals surface area contributed by atoms with Crippen LogP contribution in [0.5, 0.6) is 11.5 Å². The van der Waals surface area contributed by atoms with E-state index in [1.807, 2.05) is 6.07 Å². The van der Waals surface area contributed by atoms with Crippen LogP contribution in [0.4, 0.5) is 0 Å². The van der Waals surface area contributed by atoms with Crippen LogP contribution in [-0.2, 0) is 16.6 Å². The fourth-order valence-corrected chi connectivity index (χ4v) is 7.14. The van der Waals surface area contributed by atoms with Gasteiger partial charge in [-0.05, 0) is 43.7 Å². The van der Waals surface area contributed by atoms with Crippen molar-refractivity contribution in [2.75, 3.05) is 20.2 Å². The topological polar surface area (TPSA) is 61.8 Å². The van der Waals surface area contributed by atoms with Crippen molar-refractivity contribution in [3.63, 3.8) is 0 Å². The second kappa shape index (κ2) is 4.75. The summed E-state index contributed by atoms with van der Waals surface area (Å²) in [5.74, 6) is 1.51. The third-order valence-corrected chi connectivity index (χ3v) is 8.28. The highest BCUT2D eigenvalue weighted by Gasteiger charge is 2.75. The maximum Gasteiger partial charge on any atom is 0.165 e. The van der Waals surface area contributed by atoms with Crippen LogP contribution in [0.25, 0.3) is 0 Å². The number of benzene rings is 1. The summed E-state index contributed by atoms with van der Waals surface area (Å²) in [7, 11) is 1.80. The molecule has 140 valence electrons. The van der Waals surface area contributed by atoms with Crippen LogP contribution in [0, 0.1) is 11.1 Å². The van der Waals surface area contributed by atoms with Crippen molar-refractivity contribution < 1.29 is 19.2 Å². The van der Waals surface area contributed by atoms with E-state index in [0.717, 1.165) is 44.2 Å². The normalized spacial score (nSPS) is 45.2. The first-order chi connectivity index (χ1) is 12.5. The van der Waals surface area contributed by atoms with Crippen molar-refractivity contribution in [3.05, 3.63) is 28.5 Å². The Bertz CT molecular complexity index is 792. The van der Waals surface area contributed by atoms with Crippen molar-refractivity contribution in [1.29, 1.82) is 0 Å². The highest BCUT2D eigenvalue weighted by molar-refractivity contribution is 5.61. The van der Waals surface area contributed by atoms with Gasteiger partial charge in [0.05, 0.1) is 18.5 Å². The first-order valence-electron chi connectivity index (χ1n) is 10.2. The summed E-state index contributed by atoms with van der Waals surface area (Å²) in [6, 6.07) is 3.71. The van der Waals surface area contributed by atoms with Crippen LogP contribution in [-0.4, -0.2) is 47.7 Å². The molecular weight excluding hydrogens is 330 g/mol. The SMILES string of the molecule is CO[C@@]12CCC[C@@H]3Oc4c(O)ccc5c4[C@@]31CC[N+]([O-])(CC1CC1)[C@@H]2C5. The summed E-state index contributed by atoms with van der Waals surface area (Å²) >= 11 is 0. The van der Waals surface area contributed by atoms with Crippen LogP contribution < -0.4 is 4.74 Å². The number of quaternary nitrogens is 1. The Kier molecular flexibility index (Phi) is 2.87. The Balaban J connectivity index is 1.60. The van der Waals surface area contributed by atoms with Crippen molar-refractivity contribution in [2.45, 2.75) is 68.1 Å². The number of piperidine rings is 1. The average molecular weight is 357 g/mol. The molecule has 5 nitrogen and oxygen atoms in total. The van der Waals surface area contributed by atoms with Gasteiger partial charge < -0.3 is 24.4 Å². The molecule has 2 bridgehead atoms. The van der Waals surface area contributed by atoms with Gasteiger partial charge in [0, 0.05) is 31.4 Å². The van der Waals surface area contributed by atoms with Gasteiger partial charge in [-0.3, -0.25) is 0 Å². The summed E-state index contributed by atoms with van der Waals surface area (Å²) in [4.78, 5) is 0. The largest absolute Gasteiger partial charge is 0.632 e. The highest BCUT2D eigenvalue weighted by atomic mass is 16.6. The van der Waals surface area contributed by atoms with Crippen LogP contribution in [0.3, 0.4) is 0 Å². The van der Waals surface area contributed by atoms with Gasteiger partial charge >= 0.3 is 0 Å². The molecule has 5 heteroatoms. The lowest BCUT2D eigenvalue weighted by molar-refractivity contribution is -0.924. The summed E-state index contributed by atoms with van der Waals surface area (Å²) < 4.78 is 12.6. The van der Waals surface area contributed by atoms with Gasteiger partial charge in [0.1, 0.15) is 17.7 Å². The van der Waals surface area contributed by atoms with Crippen molar-refractivity contribution in [1.82, 2.24) is 0 Å². The Hall–Kier alpha value is -1.30. The van der Waals surface area contributed by atoms with E-state index >= 15 is 0 Å². The molecule has 1 saturated heterocycles. The maximum absolute atomic E-state index is 14.1. The number of phenolic OH excluding ortho intramolecular Hbond substituents is 1. The molecule has 2 saturated carbocycles. The molecule has 1 spiro atoms. The van der Waals surface area contributed by atoms with Gasteiger partial charge in [0.2, 0.25) is 0 Å².